The van der Waals surface area contributed by atoms with Gasteiger partial charge in [-0.25, -0.2) is 0 Å². The molecule has 1 aromatic rings. The normalized spacial score (nSPS) is 16.2. The number of hydrogen-bond donors (Lipinski definition) is 0. The average Bonchev–Trinajstić information content (AvgIpc) is 2.32. The molecule has 1 aliphatic rings. The van der Waals surface area contributed by atoms with Crippen molar-refractivity contribution in [1.82, 2.24) is 20.1 Å². The number of rotatable bonds is 1. The van der Waals surface area contributed by atoms with Crippen LogP contribution in [0.3, 0.4) is 0 Å². The Balaban J connectivity index is 2.10. The fraction of sp³-hybridized carbons (Fsp3) is 0.556. The number of hydrogen-bond acceptors (Lipinski definition) is 5. The minimum absolute atomic E-state index is 0.0680. The van der Waals surface area contributed by atoms with Crippen LogP contribution in [0, 0.1) is 0 Å². The molecule has 6 nitrogen and oxygen atoms in total. The van der Waals surface area contributed by atoms with Gasteiger partial charge in [-0.1, -0.05) is 11.6 Å². The zero-order valence-electron chi connectivity index (χ0n) is 9.23. The first-order chi connectivity index (χ1) is 8.08. The third kappa shape index (κ3) is 2.76. The molecule has 0 aromatic carbocycles. The van der Waals surface area contributed by atoms with Crippen molar-refractivity contribution in [3.8, 4) is 0 Å². The molecule has 0 unspecified atom stereocenters. The van der Waals surface area contributed by atoms with Crippen molar-refractivity contribution in [2.24, 2.45) is 0 Å². The fourth-order valence-electron chi connectivity index (χ4n) is 1.72. The van der Waals surface area contributed by atoms with E-state index in [4.69, 9.17) is 23.2 Å². The number of anilines is 1. The Labute approximate surface area is 109 Å². The van der Waals surface area contributed by atoms with Crippen LogP contribution in [0.4, 0.5) is 5.82 Å². The molecule has 1 amide bonds. The molecule has 0 spiro atoms. The quantitative estimate of drug-likeness (QED) is 0.760. The molecule has 1 fully saturated rings. The summed E-state index contributed by atoms with van der Waals surface area (Å²) in [7, 11) is 0. The first-order valence-electron chi connectivity index (χ1n) is 5.14. The van der Waals surface area contributed by atoms with E-state index in [0.29, 0.717) is 32.0 Å². The summed E-state index contributed by atoms with van der Waals surface area (Å²) in [5.41, 5.74) is 0. The van der Waals surface area contributed by atoms with Crippen molar-refractivity contribution in [3.63, 3.8) is 0 Å². The summed E-state index contributed by atoms with van der Waals surface area (Å²) in [6.07, 6.45) is 0. The Hall–Kier alpha value is -1.14. The molecular weight excluding hydrogens is 265 g/mol. The highest BCUT2D eigenvalue weighted by atomic mass is 35.5. The van der Waals surface area contributed by atoms with Crippen LogP contribution < -0.4 is 4.90 Å². The highest BCUT2D eigenvalue weighted by molar-refractivity contribution is 6.32. The van der Waals surface area contributed by atoms with Gasteiger partial charge in [0.1, 0.15) is 0 Å². The van der Waals surface area contributed by atoms with E-state index in [2.05, 4.69) is 15.2 Å². The zero-order valence-corrected chi connectivity index (χ0v) is 10.7. The molecule has 2 rings (SSSR count). The van der Waals surface area contributed by atoms with Gasteiger partial charge in [0.05, 0.1) is 0 Å². The summed E-state index contributed by atoms with van der Waals surface area (Å²) in [5.74, 6) is 0.601. The number of piperazine rings is 1. The Bertz CT molecular complexity index is 433. The van der Waals surface area contributed by atoms with Crippen molar-refractivity contribution in [2.75, 3.05) is 31.1 Å². The van der Waals surface area contributed by atoms with Crippen LogP contribution in [0.1, 0.15) is 6.92 Å². The van der Waals surface area contributed by atoms with Crippen molar-refractivity contribution in [2.45, 2.75) is 6.92 Å². The largest absolute Gasteiger partial charge is 0.350 e. The topological polar surface area (TPSA) is 62.2 Å². The van der Waals surface area contributed by atoms with Crippen LogP contribution in [-0.4, -0.2) is 52.2 Å². The first kappa shape index (κ1) is 12.3. The predicted molar refractivity (Wildman–Crippen MR) is 64.3 cm³/mol. The van der Waals surface area contributed by atoms with Crippen LogP contribution in [0.25, 0.3) is 0 Å². The molecule has 0 N–H and O–H groups in total. The van der Waals surface area contributed by atoms with E-state index in [0.717, 1.165) is 0 Å². The average molecular weight is 276 g/mol. The smallest absolute Gasteiger partial charge is 0.245 e. The van der Waals surface area contributed by atoms with Gasteiger partial charge in [0.15, 0.2) is 11.0 Å². The number of amides is 1. The van der Waals surface area contributed by atoms with Crippen molar-refractivity contribution in [3.05, 3.63) is 10.4 Å². The number of nitrogens with zero attached hydrogens (tertiary/aromatic N) is 5. The summed E-state index contributed by atoms with van der Waals surface area (Å²) in [5, 5.41) is 7.56. The second-order valence-electron chi connectivity index (χ2n) is 3.69. The molecule has 0 saturated carbocycles. The van der Waals surface area contributed by atoms with Crippen molar-refractivity contribution >= 4 is 34.9 Å². The molecule has 17 heavy (non-hydrogen) atoms. The predicted octanol–water partition coefficient (Wildman–Crippen LogP) is 0.847. The molecule has 1 saturated heterocycles. The molecule has 0 bridgehead atoms. The maximum absolute atomic E-state index is 11.2. The number of carbonyl (C=O) groups excluding carboxylic acids is 1. The Kier molecular flexibility index (Phi) is 3.63. The van der Waals surface area contributed by atoms with Gasteiger partial charge in [-0.2, -0.15) is 4.98 Å². The lowest BCUT2D eigenvalue weighted by Crippen LogP contribution is -2.48. The summed E-state index contributed by atoms with van der Waals surface area (Å²) >= 11 is 11.6. The lowest BCUT2D eigenvalue weighted by Gasteiger charge is -2.34. The molecule has 0 radical (unpaired) electrons. The van der Waals surface area contributed by atoms with Gasteiger partial charge >= 0.3 is 0 Å². The summed E-state index contributed by atoms with van der Waals surface area (Å²) in [4.78, 5) is 19.0. The number of halogens is 2. The van der Waals surface area contributed by atoms with Gasteiger partial charge in [-0.3, -0.25) is 4.79 Å². The maximum Gasteiger partial charge on any atom is 0.245 e. The molecule has 0 aliphatic carbocycles. The summed E-state index contributed by atoms with van der Waals surface area (Å²) in [6, 6.07) is 0. The summed E-state index contributed by atoms with van der Waals surface area (Å²) < 4.78 is 0. The third-order valence-electron chi connectivity index (χ3n) is 2.63. The van der Waals surface area contributed by atoms with Gasteiger partial charge in [0.2, 0.25) is 11.2 Å². The van der Waals surface area contributed by atoms with Crippen LogP contribution in [-0.2, 0) is 4.79 Å². The number of aromatic nitrogens is 3. The van der Waals surface area contributed by atoms with Crippen LogP contribution in [0.15, 0.2) is 0 Å². The van der Waals surface area contributed by atoms with Crippen LogP contribution >= 0.6 is 23.2 Å². The monoisotopic (exact) mass is 275 g/mol. The first-order valence-corrected chi connectivity index (χ1v) is 5.89. The van der Waals surface area contributed by atoms with Gasteiger partial charge in [-0.05, 0) is 11.6 Å². The Morgan fingerprint density at radius 2 is 1.82 bits per heavy atom. The number of carbonyl (C=O) groups is 1. The van der Waals surface area contributed by atoms with E-state index in [-0.39, 0.29) is 16.3 Å². The second kappa shape index (κ2) is 5.01. The molecular formula is C9H11Cl2N5O. The lowest BCUT2D eigenvalue weighted by atomic mass is 10.3. The minimum Gasteiger partial charge on any atom is -0.350 e. The summed E-state index contributed by atoms with van der Waals surface area (Å²) in [6.45, 7) is 4.18. The molecule has 8 heteroatoms. The van der Waals surface area contributed by atoms with E-state index < -0.39 is 0 Å². The third-order valence-corrected chi connectivity index (χ3v) is 3.03. The minimum atomic E-state index is 0.0680. The van der Waals surface area contributed by atoms with E-state index in [1.807, 2.05) is 4.90 Å². The van der Waals surface area contributed by atoms with E-state index in [9.17, 15) is 4.79 Å². The SMILES string of the molecule is CC(=O)N1CCN(c2nc(Cl)nnc2Cl)CC1. The zero-order chi connectivity index (χ0) is 12.4. The van der Waals surface area contributed by atoms with E-state index in [1.165, 1.54) is 0 Å². The molecule has 0 atom stereocenters. The Morgan fingerprint density at radius 3 is 2.41 bits per heavy atom. The molecule has 2 heterocycles. The molecule has 1 aliphatic heterocycles. The van der Waals surface area contributed by atoms with Crippen LogP contribution in [0.5, 0.6) is 0 Å². The lowest BCUT2D eigenvalue weighted by molar-refractivity contribution is -0.129. The second-order valence-corrected chi connectivity index (χ2v) is 4.38. The molecule has 1 aromatic heterocycles. The maximum atomic E-state index is 11.2. The van der Waals surface area contributed by atoms with Gasteiger partial charge in [0.25, 0.3) is 0 Å². The van der Waals surface area contributed by atoms with E-state index in [1.54, 1.807) is 11.8 Å². The highest BCUT2D eigenvalue weighted by Gasteiger charge is 2.22. The van der Waals surface area contributed by atoms with Gasteiger partial charge < -0.3 is 9.80 Å². The van der Waals surface area contributed by atoms with Gasteiger partial charge in [-0.15, -0.1) is 10.2 Å². The Morgan fingerprint density at radius 1 is 1.18 bits per heavy atom. The highest BCUT2D eigenvalue weighted by Crippen LogP contribution is 2.22. The van der Waals surface area contributed by atoms with Crippen LogP contribution in [0.2, 0.25) is 10.4 Å². The van der Waals surface area contributed by atoms with Crippen molar-refractivity contribution < 1.29 is 4.79 Å². The fourth-order valence-corrected chi connectivity index (χ4v) is 2.04. The molecule has 92 valence electrons. The van der Waals surface area contributed by atoms with E-state index >= 15 is 0 Å². The van der Waals surface area contributed by atoms with Crippen molar-refractivity contribution in [1.29, 1.82) is 0 Å². The standard InChI is InChI=1S/C9H11Cl2N5O/c1-6(17)15-2-4-16(5-3-15)8-7(10)13-14-9(11)12-8/h2-5H2,1H3. The van der Waals surface area contributed by atoms with Gasteiger partial charge in [0, 0.05) is 33.1 Å².